The second-order valence-electron chi connectivity index (χ2n) is 5.09. The average Bonchev–Trinajstić information content (AvgIpc) is 2.37. The molecule has 0 saturated carbocycles. The second-order valence-corrected chi connectivity index (χ2v) is 7.35. The molecule has 0 amide bonds. The Kier molecular flexibility index (Phi) is 4.44. The largest absolute Gasteiger partial charge is 0.367 e. The van der Waals surface area contributed by atoms with Crippen LogP contribution in [0, 0.1) is 5.92 Å². The molecule has 2 rings (SSSR count). The van der Waals surface area contributed by atoms with Crippen molar-refractivity contribution >= 4 is 21.7 Å². The van der Waals surface area contributed by atoms with Gasteiger partial charge in [-0.25, -0.2) is 22.7 Å². The minimum Gasteiger partial charge on any atom is -0.367 e. The van der Waals surface area contributed by atoms with Crippen LogP contribution in [-0.4, -0.2) is 62.2 Å². The zero-order valence-electron chi connectivity index (χ0n) is 12.1. The lowest BCUT2D eigenvalue weighted by atomic mass is 10.0. The summed E-state index contributed by atoms with van der Waals surface area (Å²) in [4.78, 5) is 10.4. The highest BCUT2D eigenvalue weighted by molar-refractivity contribution is 7.89. The maximum absolute atomic E-state index is 11.6. The Balaban J connectivity index is 1.87. The van der Waals surface area contributed by atoms with Crippen molar-refractivity contribution in [1.82, 2.24) is 14.3 Å². The van der Waals surface area contributed by atoms with Gasteiger partial charge in [-0.3, -0.25) is 0 Å². The van der Waals surface area contributed by atoms with Crippen molar-refractivity contribution in [3.8, 4) is 0 Å². The van der Waals surface area contributed by atoms with Gasteiger partial charge in [0, 0.05) is 52.0 Å². The number of aromatic nitrogens is 2. The summed E-state index contributed by atoms with van der Waals surface area (Å²) in [7, 11) is 0.792. The van der Waals surface area contributed by atoms with E-state index in [-0.39, 0.29) is 5.75 Å². The highest BCUT2D eigenvalue weighted by Crippen LogP contribution is 2.22. The first-order valence-electron chi connectivity index (χ1n) is 6.64. The predicted octanol–water partition coefficient (Wildman–Crippen LogP) is 0.236. The van der Waals surface area contributed by atoms with Crippen molar-refractivity contribution < 1.29 is 8.42 Å². The van der Waals surface area contributed by atoms with E-state index >= 15 is 0 Å². The summed E-state index contributed by atoms with van der Waals surface area (Å²) in [6.07, 6.45) is 3.30. The number of sulfonamides is 1. The smallest absolute Gasteiger partial charge is 0.213 e. The van der Waals surface area contributed by atoms with Gasteiger partial charge in [0.25, 0.3) is 0 Å². The lowest BCUT2D eigenvalue weighted by Gasteiger charge is -2.38. The maximum atomic E-state index is 11.6. The quantitative estimate of drug-likeness (QED) is 0.810. The van der Waals surface area contributed by atoms with Crippen LogP contribution in [0.4, 0.5) is 11.6 Å². The van der Waals surface area contributed by atoms with Gasteiger partial charge >= 0.3 is 0 Å². The lowest BCUT2D eigenvalue weighted by molar-refractivity contribution is 0.212. The molecule has 0 unspecified atom stereocenters. The number of hydrogen-bond acceptors (Lipinski definition) is 6. The summed E-state index contributed by atoms with van der Waals surface area (Å²) in [6, 6.07) is 0. The van der Waals surface area contributed by atoms with E-state index in [4.69, 9.17) is 0 Å². The van der Waals surface area contributed by atoms with E-state index in [1.165, 1.54) is 4.31 Å². The molecule has 0 spiro atoms. The van der Waals surface area contributed by atoms with Crippen molar-refractivity contribution in [3.63, 3.8) is 0 Å². The highest BCUT2D eigenvalue weighted by Gasteiger charge is 2.34. The van der Waals surface area contributed by atoms with Crippen LogP contribution in [0.15, 0.2) is 12.4 Å². The van der Waals surface area contributed by atoms with Gasteiger partial charge < -0.3 is 10.2 Å². The SMILES string of the molecule is CCS(=O)(=O)N1CC(CNc2nccnc2N(C)C)C1. The molecule has 8 heteroatoms. The van der Waals surface area contributed by atoms with Crippen LogP contribution in [0.2, 0.25) is 0 Å². The molecule has 112 valence electrons. The number of hydrogen-bond donors (Lipinski definition) is 1. The average molecular weight is 299 g/mol. The topological polar surface area (TPSA) is 78.4 Å². The van der Waals surface area contributed by atoms with Crippen molar-refractivity contribution in [2.24, 2.45) is 5.92 Å². The zero-order chi connectivity index (χ0) is 14.8. The van der Waals surface area contributed by atoms with E-state index in [0.29, 0.717) is 25.6 Å². The van der Waals surface area contributed by atoms with Gasteiger partial charge in [0.1, 0.15) is 0 Å². The molecule has 0 aromatic carbocycles. The molecule has 1 aromatic heterocycles. The Labute approximate surface area is 120 Å². The monoisotopic (exact) mass is 299 g/mol. The summed E-state index contributed by atoms with van der Waals surface area (Å²) >= 11 is 0. The molecular weight excluding hydrogens is 278 g/mol. The molecule has 1 aliphatic heterocycles. The normalized spacial score (nSPS) is 16.8. The number of anilines is 2. The minimum absolute atomic E-state index is 0.169. The van der Waals surface area contributed by atoms with Gasteiger partial charge in [-0.1, -0.05) is 0 Å². The molecule has 1 saturated heterocycles. The van der Waals surface area contributed by atoms with Crippen LogP contribution in [0.25, 0.3) is 0 Å². The molecule has 1 fully saturated rings. The molecule has 1 aromatic rings. The van der Waals surface area contributed by atoms with Gasteiger partial charge in [0.2, 0.25) is 10.0 Å². The third-order valence-corrected chi connectivity index (χ3v) is 5.16. The van der Waals surface area contributed by atoms with Crippen molar-refractivity contribution in [2.75, 3.05) is 49.7 Å². The second kappa shape index (κ2) is 5.92. The van der Waals surface area contributed by atoms with Gasteiger partial charge in [-0.2, -0.15) is 0 Å². The van der Waals surface area contributed by atoms with E-state index in [9.17, 15) is 8.42 Å². The van der Waals surface area contributed by atoms with Crippen LogP contribution in [0.3, 0.4) is 0 Å². The van der Waals surface area contributed by atoms with Crippen LogP contribution < -0.4 is 10.2 Å². The van der Waals surface area contributed by atoms with Crippen LogP contribution in [0.1, 0.15) is 6.92 Å². The molecule has 7 nitrogen and oxygen atoms in total. The molecule has 2 heterocycles. The summed E-state index contributed by atoms with van der Waals surface area (Å²) in [6.45, 7) is 3.54. The fourth-order valence-corrected chi connectivity index (χ4v) is 3.33. The molecule has 1 N–H and O–H groups in total. The molecule has 1 aliphatic rings. The van der Waals surface area contributed by atoms with E-state index in [1.807, 2.05) is 19.0 Å². The number of nitrogens with zero attached hydrogens (tertiary/aromatic N) is 4. The molecule has 0 atom stereocenters. The van der Waals surface area contributed by atoms with E-state index in [2.05, 4.69) is 15.3 Å². The Hall–Kier alpha value is -1.41. The van der Waals surface area contributed by atoms with Gasteiger partial charge in [0.15, 0.2) is 11.6 Å². The fraction of sp³-hybridized carbons (Fsp3) is 0.667. The van der Waals surface area contributed by atoms with Crippen LogP contribution >= 0.6 is 0 Å². The van der Waals surface area contributed by atoms with Gasteiger partial charge in [0.05, 0.1) is 5.75 Å². The summed E-state index contributed by atoms with van der Waals surface area (Å²) < 4.78 is 24.8. The predicted molar refractivity (Wildman–Crippen MR) is 79.4 cm³/mol. The molecule has 0 bridgehead atoms. The highest BCUT2D eigenvalue weighted by atomic mass is 32.2. The molecule has 0 radical (unpaired) electrons. The summed E-state index contributed by atoms with van der Waals surface area (Å²) in [5, 5.41) is 3.25. The minimum atomic E-state index is -3.03. The number of rotatable bonds is 6. The van der Waals surface area contributed by atoms with Gasteiger partial charge in [-0.05, 0) is 6.92 Å². The third kappa shape index (κ3) is 3.18. The first-order valence-corrected chi connectivity index (χ1v) is 8.25. The standard InChI is InChI=1S/C12H21N5O2S/c1-4-20(18,19)17-8-10(9-17)7-15-11-12(16(2)3)14-6-5-13-11/h5-6,10H,4,7-9H2,1-3H3,(H,13,15). The lowest BCUT2D eigenvalue weighted by Crippen LogP contribution is -2.52. The maximum Gasteiger partial charge on any atom is 0.213 e. The molecular formula is C12H21N5O2S. The molecule has 0 aliphatic carbocycles. The van der Waals surface area contributed by atoms with Crippen molar-refractivity contribution in [1.29, 1.82) is 0 Å². The Bertz CT molecular complexity index is 555. The Morgan fingerprint density at radius 2 is 2.00 bits per heavy atom. The Morgan fingerprint density at radius 3 is 2.60 bits per heavy atom. The first kappa shape index (κ1) is 15.0. The third-order valence-electron chi connectivity index (χ3n) is 3.34. The van der Waals surface area contributed by atoms with Crippen LogP contribution in [-0.2, 0) is 10.0 Å². The Morgan fingerprint density at radius 1 is 1.35 bits per heavy atom. The van der Waals surface area contributed by atoms with E-state index in [1.54, 1.807) is 19.3 Å². The first-order chi connectivity index (χ1) is 9.44. The summed E-state index contributed by atoms with van der Waals surface area (Å²) in [5.74, 6) is 2.01. The fourth-order valence-electron chi connectivity index (χ4n) is 2.08. The zero-order valence-corrected chi connectivity index (χ0v) is 12.9. The number of nitrogens with one attached hydrogen (secondary N) is 1. The van der Waals surface area contributed by atoms with Crippen LogP contribution in [0.5, 0.6) is 0 Å². The van der Waals surface area contributed by atoms with E-state index < -0.39 is 10.0 Å². The van der Waals surface area contributed by atoms with E-state index in [0.717, 1.165) is 11.6 Å². The van der Waals surface area contributed by atoms with Crippen molar-refractivity contribution in [2.45, 2.75) is 6.92 Å². The molecule has 20 heavy (non-hydrogen) atoms. The van der Waals surface area contributed by atoms with Gasteiger partial charge in [-0.15, -0.1) is 0 Å². The van der Waals surface area contributed by atoms with Crippen molar-refractivity contribution in [3.05, 3.63) is 12.4 Å². The summed E-state index contributed by atoms with van der Waals surface area (Å²) in [5.41, 5.74) is 0.